The number of nitrogens with one attached hydrogen (secondary N) is 1. The number of hydrogen-bond acceptors (Lipinski definition) is 2. The molecule has 0 saturated heterocycles. The summed E-state index contributed by atoms with van der Waals surface area (Å²) in [7, 11) is 0. The number of nitrogens with zero attached hydrogens (tertiary/aromatic N) is 2. The highest BCUT2D eigenvalue weighted by Crippen LogP contribution is 2.33. The summed E-state index contributed by atoms with van der Waals surface area (Å²) < 4.78 is 2.62. The average Bonchev–Trinajstić information content (AvgIpc) is 2.86. The molecule has 0 fully saturated rings. The van der Waals surface area contributed by atoms with Crippen LogP contribution in [0.2, 0.25) is 5.02 Å². The Morgan fingerprint density at radius 2 is 1.92 bits per heavy atom. The normalized spacial score (nSPS) is 11.7. The zero-order valence-electron chi connectivity index (χ0n) is 14.4. The zero-order valence-corrected chi connectivity index (χ0v) is 16.8. The molecule has 0 aliphatic carbocycles. The van der Waals surface area contributed by atoms with Gasteiger partial charge in [0.25, 0.3) is 0 Å². The number of hydrogen-bond donors (Lipinski definition) is 2. The van der Waals surface area contributed by atoms with Gasteiger partial charge in [0, 0.05) is 12.0 Å². The van der Waals surface area contributed by atoms with Crippen LogP contribution in [0.3, 0.4) is 0 Å². The standard InChI is InChI=1S/C19H20ClN3S2/c1-19(2,3)17-21-15-9-13(20)14(22-18(24)25)10-16(15)23(17)11-12-7-5-4-6-8-12/h4-10H,11H2,1-3H3,(H2,22,24,25). The molecule has 0 atom stereocenters. The molecule has 3 rings (SSSR count). The van der Waals surface area contributed by atoms with Crippen molar-refractivity contribution in [1.82, 2.24) is 9.55 Å². The molecule has 0 aliphatic heterocycles. The molecule has 1 N–H and O–H groups in total. The maximum Gasteiger partial charge on any atom is 0.135 e. The van der Waals surface area contributed by atoms with E-state index in [2.05, 4.69) is 67.5 Å². The van der Waals surface area contributed by atoms with Crippen molar-refractivity contribution in [3.8, 4) is 0 Å². The Morgan fingerprint density at radius 1 is 1.24 bits per heavy atom. The molecule has 0 amide bonds. The fourth-order valence-electron chi connectivity index (χ4n) is 2.86. The summed E-state index contributed by atoms with van der Waals surface area (Å²) >= 11 is 15.6. The van der Waals surface area contributed by atoms with Gasteiger partial charge in [-0.15, -0.1) is 12.6 Å². The van der Waals surface area contributed by atoms with Crippen molar-refractivity contribution >= 4 is 57.5 Å². The van der Waals surface area contributed by atoms with Gasteiger partial charge >= 0.3 is 0 Å². The van der Waals surface area contributed by atoms with E-state index in [1.165, 1.54) is 5.56 Å². The van der Waals surface area contributed by atoms with Crippen LogP contribution >= 0.6 is 36.4 Å². The Balaban J connectivity index is 2.20. The molecule has 2 aromatic carbocycles. The third-order valence-electron chi connectivity index (χ3n) is 3.93. The van der Waals surface area contributed by atoms with Gasteiger partial charge in [-0.05, 0) is 17.7 Å². The topological polar surface area (TPSA) is 29.9 Å². The second-order valence-electron chi connectivity index (χ2n) is 7.01. The Bertz CT molecular complexity index is 927. The summed E-state index contributed by atoms with van der Waals surface area (Å²) in [5.74, 6) is 1.02. The Morgan fingerprint density at radius 3 is 2.52 bits per heavy atom. The van der Waals surface area contributed by atoms with Crippen LogP contribution in [0, 0.1) is 0 Å². The maximum absolute atomic E-state index is 6.38. The molecule has 1 heterocycles. The Kier molecular flexibility index (Phi) is 5.09. The van der Waals surface area contributed by atoms with Crippen LogP contribution in [0.5, 0.6) is 0 Å². The van der Waals surface area contributed by atoms with Gasteiger partial charge in [-0.2, -0.15) is 0 Å². The molecule has 3 nitrogen and oxygen atoms in total. The quantitative estimate of drug-likeness (QED) is 0.447. The second kappa shape index (κ2) is 6.98. The van der Waals surface area contributed by atoms with E-state index in [1.807, 2.05) is 18.2 Å². The monoisotopic (exact) mass is 389 g/mol. The molecule has 1 aromatic heterocycles. The highest BCUT2D eigenvalue weighted by Gasteiger charge is 2.23. The van der Waals surface area contributed by atoms with Crippen molar-refractivity contribution in [2.75, 3.05) is 5.32 Å². The molecule has 130 valence electrons. The van der Waals surface area contributed by atoms with E-state index in [0.717, 1.165) is 29.1 Å². The average molecular weight is 390 g/mol. The summed E-state index contributed by atoms with van der Waals surface area (Å²) in [6.45, 7) is 7.24. The van der Waals surface area contributed by atoms with E-state index >= 15 is 0 Å². The lowest BCUT2D eigenvalue weighted by atomic mass is 9.95. The molecule has 0 aliphatic rings. The predicted molar refractivity (Wildman–Crippen MR) is 114 cm³/mol. The first kappa shape index (κ1) is 18.2. The van der Waals surface area contributed by atoms with Crippen LogP contribution in [0.25, 0.3) is 11.0 Å². The van der Waals surface area contributed by atoms with E-state index in [4.69, 9.17) is 28.8 Å². The van der Waals surface area contributed by atoms with Crippen molar-refractivity contribution in [3.63, 3.8) is 0 Å². The largest absolute Gasteiger partial charge is 0.340 e. The summed E-state index contributed by atoms with van der Waals surface area (Å²) in [6, 6.07) is 14.2. The minimum Gasteiger partial charge on any atom is -0.340 e. The van der Waals surface area contributed by atoms with Gasteiger partial charge in [0.15, 0.2) is 0 Å². The van der Waals surface area contributed by atoms with Crippen molar-refractivity contribution in [1.29, 1.82) is 0 Å². The van der Waals surface area contributed by atoms with E-state index in [-0.39, 0.29) is 5.41 Å². The van der Waals surface area contributed by atoms with Gasteiger partial charge in [0.1, 0.15) is 10.1 Å². The molecule has 3 aromatic rings. The lowest BCUT2D eigenvalue weighted by Gasteiger charge is -2.20. The molecular formula is C19H20ClN3S2. The number of thiocarbonyl (C=S) groups is 1. The van der Waals surface area contributed by atoms with Crippen LogP contribution in [-0.4, -0.2) is 13.9 Å². The zero-order chi connectivity index (χ0) is 18.2. The SMILES string of the molecule is CC(C)(C)c1nc2cc(Cl)c(NC(=S)S)cc2n1Cc1ccccc1. The number of thiol groups is 1. The second-order valence-corrected chi connectivity index (χ2v) is 8.57. The van der Waals surface area contributed by atoms with Gasteiger partial charge < -0.3 is 9.88 Å². The van der Waals surface area contributed by atoms with Gasteiger partial charge in [-0.3, -0.25) is 0 Å². The highest BCUT2D eigenvalue weighted by atomic mass is 35.5. The van der Waals surface area contributed by atoms with Crippen molar-refractivity contribution in [2.24, 2.45) is 0 Å². The molecule has 25 heavy (non-hydrogen) atoms. The van der Waals surface area contributed by atoms with Crippen molar-refractivity contribution in [2.45, 2.75) is 32.7 Å². The molecule has 6 heteroatoms. The lowest BCUT2D eigenvalue weighted by Crippen LogP contribution is -2.19. The van der Waals surface area contributed by atoms with Crippen LogP contribution in [0.1, 0.15) is 32.2 Å². The van der Waals surface area contributed by atoms with Gasteiger partial charge in [-0.1, -0.05) is 74.9 Å². The van der Waals surface area contributed by atoms with Gasteiger partial charge in [0.2, 0.25) is 0 Å². The van der Waals surface area contributed by atoms with Crippen LogP contribution in [0.4, 0.5) is 5.69 Å². The fourth-order valence-corrected chi connectivity index (χ4v) is 3.29. The highest BCUT2D eigenvalue weighted by molar-refractivity contribution is 8.11. The maximum atomic E-state index is 6.38. The van der Waals surface area contributed by atoms with E-state index < -0.39 is 0 Å². The summed E-state index contributed by atoms with van der Waals surface area (Å²) in [5, 5.41) is 3.60. The minimum atomic E-state index is -0.0906. The van der Waals surface area contributed by atoms with Crippen LogP contribution < -0.4 is 5.32 Å². The number of halogens is 1. The third-order valence-corrected chi connectivity index (χ3v) is 4.46. The van der Waals surface area contributed by atoms with Gasteiger partial charge in [0.05, 0.1) is 21.7 Å². The number of rotatable bonds is 3. The number of benzene rings is 2. The first-order chi connectivity index (χ1) is 11.8. The first-order valence-electron chi connectivity index (χ1n) is 8.00. The summed E-state index contributed by atoms with van der Waals surface area (Å²) in [5.41, 5.74) is 3.77. The van der Waals surface area contributed by atoms with Gasteiger partial charge in [-0.25, -0.2) is 4.98 Å². The number of anilines is 1. The van der Waals surface area contributed by atoms with Crippen LogP contribution in [-0.2, 0) is 12.0 Å². The molecule has 0 radical (unpaired) electrons. The van der Waals surface area contributed by atoms with Crippen LogP contribution in [0.15, 0.2) is 42.5 Å². The van der Waals surface area contributed by atoms with E-state index in [9.17, 15) is 0 Å². The Hall–Kier alpha value is -1.56. The molecule has 0 spiro atoms. The number of imidazole rings is 1. The van der Waals surface area contributed by atoms with Crippen molar-refractivity contribution < 1.29 is 0 Å². The van der Waals surface area contributed by atoms with E-state index in [0.29, 0.717) is 9.34 Å². The van der Waals surface area contributed by atoms with Crippen molar-refractivity contribution in [3.05, 3.63) is 58.9 Å². The molecular weight excluding hydrogens is 370 g/mol. The Labute approximate surface area is 163 Å². The lowest BCUT2D eigenvalue weighted by molar-refractivity contribution is 0.516. The predicted octanol–water partition coefficient (Wildman–Crippen LogP) is 5.66. The minimum absolute atomic E-state index is 0.0906. The first-order valence-corrected chi connectivity index (χ1v) is 9.23. The summed E-state index contributed by atoms with van der Waals surface area (Å²) in [6.07, 6.45) is 0. The fraction of sp³-hybridized carbons (Fsp3) is 0.263. The van der Waals surface area contributed by atoms with E-state index in [1.54, 1.807) is 0 Å². The smallest absolute Gasteiger partial charge is 0.135 e. The molecule has 0 saturated carbocycles. The molecule has 0 unspecified atom stereocenters. The number of aromatic nitrogens is 2. The number of fused-ring (bicyclic) bond motifs is 1. The summed E-state index contributed by atoms with van der Waals surface area (Å²) in [4.78, 5) is 4.86. The third kappa shape index (κ3) is 4.00. The molecule has 0 bridgehead atoms.